The first kappa shape index (κ1) is 13.4. The fourth-order valence-electron chi connectivity index (χ4n) is 1.32. The number of hydrogen-bond acceptors (Lipinski definition) is 5. The van der Waals surface area contributed by atoms with E-state index in [0.717, 1.165) is 12.1 Å². The van der Waals surface area contributed by atoms with Crippen molar-refractivity contribution >= 4 is 15.1 Å². The monoisotopic (exact) mass is 292 g/mol. The second-order valence-electron chi connectivity index (χ2n) is 3.59. The highest BCUT2D eigenvalue weighted by atomic mass is 32.2. The Morgan fingerprint density at radius 1 is 1.26 bits per heavy atom. The van der Waals surface area contributed by atoms with Gasteiger partial charge < -0.3 is 10.5 Å². The van der Waals surface area contributed by atoms with Crippen molar-refractivity contribution in [1.82, 2.24) is 0 Å². The lowest BCUT2D eigenvalue weighted by Gasteiger charge is -2.09. The zero-order chi connectivity index (χ0) is 14.3. The number of aliphatic imine (C=N–C) groups is 1. The Hall–Kier alpha value is -2.03. The van der Waals surface area contributed by atoms with Crippen molar-refractivity contribution in [3.8, 4) is 5.75 Å². The number of hydrogen-bond donors (Lipinski definition) is 1. The fourth-order valence-corrected chi connectivity index (χ4v) is 2.24. The highest BCUT2D eigenvalue weighted by Crippen LogP contribution is 2.31. The van der Waals surface area contributed by atoms with Gasteiger partial charge in [-0.05, 0) is 18.2 Å². The number of nitrogens with two attached hydrogens (primary N) is 1. The Morgan fingerprint density at radius 2 is 1.95 bits per heavy atom. The Bertz CT molecular complexity index is 678. The lowest BCUT2D eigenvalue weighted by Crippen LogP contribution is -2.16. The molecule has 19 heavy (non-hydrogen) atoms. The summed E-state index contributed by atoms with van der Waals surface area (Å²) in [5, 5.41) is -0.0834. The zero-order valence-corrected chi connectivity index (χ0v) is 9.99. The van der Waals surface area contributed by atoms with Crippen LogP contribution in [0, 0.1) is 0 Å². The average Bonchev–Trinajstić information content (AvgIpc) is 2.51. The molecule has 1 aromatic carbocycles. The Morgan fingerprint density at radius 3 is 2.47 bits per heavy atom. The van der Waals surface area contributed by atoms with Crippen molar-refractivity contribution in [2.45, 2.75) is 6.18 Å². The van der Waals surface area contributed by atoms with Gasteiger partial charge in [-0.25, -0.2) is 8.42 Å². The summed E-state index contributed by atoms with van der Waals surface area (Å²) in [6.07, 6.45) is -4.55. The van der Waals surface area contributed by atoms with Crippen molar-refractivity contribution in [2.24, 2.45) is 10.7 Å². The Labute approximate surface area is 106 Å². The number of benzene rings is 1. The highest BCUT2D eigenvalue weighted by molar-refractivity contribution is 8.08. The lowest BCUT2D eigenvalue weighted by atomic mass is 10.2. The van der Waals surface area contributed by atoms with Crippen LogP contribution in [0.5, 0.6) is 5.75 Å². The van der Waals surface area contributed by atoms with Crippen LogP contribution in [0.1, 0.15) is 5.56 Å². The van der Waals surface area contributed by atoms with Crippen LogP contribution in [0.15, 0.2) is 40.5 Å². The van der Waals surface area contributed by atoms with Crippen LogP contribution >= 0.6 is 0 Å². The van der Waals surface area contributed by atoms with Gasteiger partial charge in [0.1, 0.15) is 11.6 Å². The van der Waals surface area contributed by atoms with E-state index < -0.39 is 26.8 Å². The van der Waals surface area contributed by atoms with E-state index in [9.17, 15) is 21.6 Å². The summed E-state index contributed by atoms with van der Waals surface area (Å²) < 4.78 is 65.1. The number of sulfone groups is 1. The quantitative estimate of drug-likeness (QED) is 0.852. The van der Waals surface area contributed by atoms with Gasteiger partial charge in [0.15, 0.2) is 0 Å². The number of ether oxygens (including phenoxy) is 1. The van der Waals surface area contributed by atoms with E-state index in [1.54, 1.807) is 0 Å². The van der Waals surface area contributed by atoms with Gasteiger partial charge in [0.05, 0.1) is 11.0 Å². The third-order valence-corrected chi connectivity index (χ3v) is 3.32. The van der Waals surface area contributed by atoms with E-state index in [-0.39, 0.29) is 11.6 Å². The number of alkyl halides is 3. The largest absolute Gasteiger partial charge is 0.430 e. The molecule has 1 aromatic rings. The maximum absolute atomic E-state index is 12.5. The SMILES string of the molecule is NC1=CS(=O)(=O)C(Oc2cccc(C(F)(F)F)c2)=N1. The van der Waals surface area contributed by atoms with Gasteiger partial charge in [-0.3, -0.25) is 0 Å². The van der Waals surface area contributed by atoms with Gasteiger partial charge in [-0.1, -0.05) is 6.07 Å². The molecule has 0 fully saturated rings. The first-order chi connectivity index (χ1) is 8.68. The first-order valence-electron chi connectivity index (χ1n) is 4.84. The molecule has 0 bridgehead atoms. The number of halogens is 3. The van der Waals surface area contributed by atoms with Crippen LogP contribution in [0.2, 0.25) is 0 Å². The molecule has 0 atom stereocenters. The maximum atomic E-state index is 12.5. The third kappa shape index (κ3) is 2.87. The molecule has 0 aromatic heterocycles. The zero-order valence-electron chi connectivity index (χ0n) is 9.18. The molecule has 1 aliphatic heterocycles. The summed E-state index contributed by atoms with van der Waals surface area (Å²) in [5.74, 6) is -0.581. The predicted molar refractivity (Wildman–Crippen MR) is 60.7 cm³/mol. The fraction of sp³-hybridized carbons (Fsp3) is 0.100. The molecule has 9 heteroatoms. The van der Waals surface area contributed by atoms with Crippen LogP contribution in [-0.2, 0) is 16.0 Å². The molecule has 1 aliphatic rings. The van der Waals surface area contributed by atoms with Crippen LogP contribution in [0.4, 0.5) is 13.2 Å². The lowest BCUT2D eigenvalue weighted by molar-refractivity contribution is -0.137. The number of rotatable bonds is 1. The van der Waals surface area contributed by atoms with Gasteiger partial charge >= 0.3 is 11.4 Å². The van der Waals surface area contributed by atoms with Crippen LogP contribution in [0.3, 0.4) is 0 Å². The molecule has 0 spiro atoms. The smallest absolute Gasteiger partial charge is 0.416 e. The van der Waals surface area contributed by atoms with Gasteiger partial charge in [-0.2, -0.15) is 18.2 Å². The minimum atomic E-state index is -4.55. The molecular weight excluding hydrogens is 285 g/mol. The molecule has 0 amide bonds. The molecule has 0 radical (unpaired) electrons. The van der Waals surface area contributed by atoms with Crippen molar-refractivity contribution in [1.29, 1.82) is 0 Å². The number of nitrogens with zero attached hydrogens (tertiary/aromatic N) is 1. The summed E-state index contributed by atoms with van der Waals surface area (Å²) in [5.41, 5.74) is 4.23. The predicted octanol–water partition coefficient (Wildman–Crippen LogP) is 1.63. The summed E-state index contributed by atoms with van der Waals surface area (Å²) >= 11 is 0. The van der Waals surface area contributed by atoms with E-state index in [1.165, 1.54) is 6.07 Å². The van der Waals surface area contributed by atoms with Crippen molar-refractivity contribution in [2.75, 3.05) is 0 Å². The van der Waals surface area contributed by atoms with E-state index in [4.69, 9.17) is 10.5 Å². The van der Waals surface area contributed by atoms with Gasteiger partial charge in [-0.15, -0.1) is 0 Å². The topological polar surface area (TPSA) is 81.8 Å². The van der Waals surface area contributed by atoms with Gasteiger partial charge in [0.25, 0.3) is 9.84 Å². The van der Waals surface area contributed by atoms with Crippen molar-refractivity contribution < 1.29 is 26.3 Å². The summed E-state index contributed by atoms with van der Waals surface area (Å²) in [7, 11) is -3.92. The minimum Gasteiger partial charge on any atom is -0.430 e. The average molecular weight is 292 g/mol. The molecule has 102 valence electrons. The summed E-state index contributed by atoms with van der Waals surface area (Å²) in [4.78, 5) is 3.39. The minimum absolute atomic E-state index is 0.290. The molecule has 5 nitrogen and oxygen atoms in total. The molecule has 1 heterocycles. The van der Waals surface area contributed by atoms with Gasteiger partial charge in [0.2, 0.25) is 0 Å². The van der Waals surface area contributed by atoms with E-state index in [1.807, 2.05) is 0 Å². The molecular formula is C10H7F3N2O3S. The Kier molecular flexibility index (Phi) is 3.01. The van der Waals surface area contributed by atoms with E-state index >= 15 is 0 Å². The molecule has 0 aliphatic carbocycles. The molecule has 2 rings (SSSR count). The second kappa shape index (κ2) is 4.26. The molecule has 0 saturated heterocycles. The normalized spacial score (nSPS) is 17.8. The maximum Gasteiger partial charge on any atom is 0.416 e. The molecule has 0 saturated carbocycles. The van der Waals surface area contributed by atoms with E-state index in [0.29, 0.717) is 11.5 Å². The standard InChI is InChI=1S/C10H7F3N2O3S/c11-10(12,13)6-2-1-3-7(4-6)18-9-15-8(14)5-19(9,16)17/h1-5H,14H2. The summed E-state index contributed by atoms with van der Waals surface area (Å²) in [6, 6.07) is 3.79. The molecule has 0 unspecified atom stereocenters. The van der Waals surface area contributed by atoms with Crippen LogP contribution in [-0.4, -0.2) is 13.6 Å². The third-order valence-electron chi connectivity index (χ3n) is 2.11. The van der Waals surface area contributed by atoms with Crippen molar-refractivity contribution in [3.63, 3.8) is 0 Å². The van der Waals surface area contributed by atoms with Gasteiger partial charge in [0, 0.05) is 0 Å². The second-order valence-corrected chi connectivity index (χ2v) is 5.27. The first-order valence-corrected chi connectivity index (χ1v) is 6.39. The summed E-state index contributed by atoms with van der Waals surface area (Å²) in [6.45, 7) is 0. The van der Waals surface area contributed by atoms with Crippen LogP contribution in [0.25, 0.3) is 0 Å². The highest BCUT2D eigenvalue weighted by Gasteiger charge is 2.31. The van der Waals surface area contributed by atoms with Crippen LogP contribution < -0.4 is 10.5 Å². The molecule has 2 N–H and O–H groups in total. The van der Waals surface area contributed by atoms with Crippen molar-refractivity contribution in [3.05, 3.63) is 41.1 Å². The Balaban J connectivity index is 2.30. The van der Waals surface area contributed by atoms with E-state index in [2.05, 4.69) is 4.99 Å².